The number of hydrogen-bond acceptors (Lipinski definition) is 4. The molecule has 3 saturated carbocycles. The van der Waals surface area contributed by atoms with Crippen molar-refractivity contribution in [1.82, 2.24) is 10.6 Å². The SMILES string of the molecule is O=C(COc1ccc(Cl)c(F)c1)NC12CC(NC(O)C3Cc4ccc(Cl)cc4C3)(C1)C2. The van der Waals surface area contributed by atoms with Crippen molar-refractivity contribution in [2.24, 2.45) is 5.92 Å². The van der Waals surface area contributed by atoms with Gasteiger partial charge in [0.15, 0.2) is 6.61 Å². The van der Waals surface area contributed by atoms with E-state index < -0.39 is 12.0 Å². The number of amides is 1. The third kappa shape index (κ3) is 4.02. The number of fused-ring (bicyclic) bond motifs is 1. The van der Waals surface area contributed by atoms with E-state index in [0.29, 0.717) is 0 Å². The maximum atomic E-state index is 13.5. The topological polar surface area (TPSA) is 70.6 Å². The Labute approximate surface area is 189 Å². The Kier molecular flexibility index (Phi) is 5.17. The minimum Gasteiger partial charge on any atom is -0.484 e. The Bertz CT molecular complexity index is 1030. The molecule has 2 aromatic rings. The van der Waals surface area contributed by atoms with Crippen molar-refractivity contribution in [2.45, 2.75) is 49.4 Å². The van der Waals surface area contributed by atoms with E-state index in [2.05, 4.69) is 10.6 Å². The number of aliphatic hydroxyl groups excluding tert-OH is 1. The largest absolute Gasteiger partial charge is 0.484 e. The molecule has 4 aliphatic rings. The fourth-order valence-electron chi connectivity index (χ4n) is 5.40. The van der Waals surface area contributed by atoms with Crippen molar-refractivity contribution in [3.05, 3.63) is 63.4 Å². The zero-order valence-electron chi connectivity index (χ0n) is 16.8. The molecule has 6 rings (SSSR count). The van der Waals surface area contributed by atoms with Gasteiger partial charge in [-0.15, -0.1) is 0 Å². The van der Waals surface area contributed by atoms with Crippen LogP contribution in [0.2, 0.25) is 10.0 Å². The van der Waals surface area contributed by atoms with E-state index in [-0.39, 0.29) is 40.3 Å². The van der Waals surface area contributed by atoms with E-state index in [1.165, 1.54) is 23.3 Å². The minimum atomic E-state index is -0.594. The first kappa shape index (κ1) is 21.0. The second-order valence-electron chi connectivity index (χ2n) is 9.17. The number of rotatable bonds is 7. The van der Waals surface area contributed by atoms with Crippen LogP contribution in [0.3, 0.4) is 0 Å². The lowest BCUT2D eigenvalue weighted by atomic mass is 9.44. The molecule has 0 aromatic heterocycles. The zero-order chi connectivity index (χ0) is 21.8. The standard InChI is InChI=1S/C23H23Cl2FN2O3/c24-16-2-1-13-5-15(6-14(13)7-16)21(30)28-23-10-22(11-23,12-23)27-20(29)9-31-17-3-4-18(25)19(26)8-17/h1-4,7-8,15,21,28,30H,5-6,9-12H2,(H,27,29). The molecule has 0 spiro atoms. The quantitative estimate of drug-likeness (QED) is 0.547. The summed E-state index contributed by atoms with van der Waals surface area (Å²) in [6, 6.07) is 9.99. The van der Waals surface area contributed by atoms with Gasteiger partial charge in [0.1, 0.15) is 17.8 Å². The van der Waals surface area contributed by atoms with Crippen LogP contribution in [0.15, 0.2) is 36.4 Å². The van der Waals surface area contributed by atoms with Crippen LogP contribution in [0.1, 0.15) is 30.4 Å². The highest BCUT2D eigenvalue weighted by Crippen LogP contribution is 2.60. The second kappa shape index (κ2) is 7.62. The van der Waals surface area contributed by atoms with E-state index in [1.807, 2.05) is 18.2 Å². The van der Waals surface area contributed by atoms with E-state index in [0.717, 1.165) is 43.2 Å². The fourth-order valence-corrected chi connectivity index (χ4v) is 5.71. The highest BCUT2D eigenvalue weighted by molar-refractivity contribution is 6.31. The number of aliphatic hydroxyl groups is 1. The molecule has 164 valence electrons. The minimum absolute atomic E-state index is 0.0101. The number of ether oxygens (including phenoxy) is 1. The Morgan fingerprint density at radius 2 is 1.87 bits per heavy atom. The van der Waals surface area contributed by atoms with E-state index in [1.54, 1.807) is 0 Å². The van der Waals surface area contributed by atoms with Gasteiger partial charge < -0.3 is 15.2 Å². The number of carbonyl (C=O) groups is 1. The highest BCUT2D eigenvalue weighted by atomic mass is 35.5. The molecule has 0 aliphatic heterocycles. The Hall–Kier alpha value is -1.86. The van der Waals surface area contributed by atoms with Crippen LogP contribution in [-0.4, -0.2) is 34.9 Å². The summed E-state index contributed by atoms with van der Waals surface area (Å²) in [5.41, 5.74) is 2.11. The predicted octanol–water partition coefficient (Wildman–Crippen LogP) is 3.63. The molecule has 2 aromatic carbocycles. The zero-order valence-corrected chi connectivity index (χ0v) is 18.3. The monoisotopic (exact) mass is 464 g/mol. The summed E-state index contributed by atoms with van der Waals surface area (Å²) in [6.07, 6.45) is 3.40. The Morgan fingerprint density at radius 1 is 1.13 bits per heavy atom. The summed E-state index contributed by atoms with van der Waals surface area (Å²) in [4.78, 5) is 12.3. The summed E-state index contributed by atoms with van der Waals surface area (Å²) in [6.45, 7) is -0.186. The Balaban J connectivity index is 1.07. The molecule has 5 nitrogen and oxygen atoms in total. The van der Waals surface area contributed by atoms with Crippen molar-refractivity contribution >= 4 is 29.1 Å². The normalized spacial score (nSPS) is 28.8. The van der Waals surface area contributed by atoms with Gasteiger partial charge in [0.2, 0.25) is 0 Å². The molecule has 2 unspecified atom stereocenters. The van der Waals surface area contributed by atoms with Crippen molar-refractivity contribution in [3.63, 3.8) is 0 Å². The lowest BCUT2D eigenvalue weighted by Crippen LogP contribution is -2.84. The lowest BCUT2D eigenvalue weighted by Gasteiger charge is -2.71. The maximum absolute atomic E-state index is 13.5. The molecule has 31 heavy (non-hydrogen) atoms. The van der Waals surface area contributed by atoms with Crippen LogP contribution in [0.4, 0.5) is 4.39 Å². The van der Waals surface area contributed by atoms with Crippen LogP contribution < -0.4 is 15.4 Å². The van der Waals surface area contributed by atoms with Gasteiger partial charge in [-0.2, -0.15) is 0 Å². The van der Waals surface area contributed by atoms with Crippen LogP contribution in [0.25, 0.3) is 0 Å². The first-order chi connectivity index (χ1) is 14.7. The summed E-state index contributed by atoms with van der Waals surface area (Å²) in [5.74, 6) is -0.442. The molecule has 3 N–H and O–H groups in total. The average Bonchev–Trinajstić information content (AvgIpc) is 3.09. The molecule has 0 heterocycles. The molecule has 2 bridgehead atoms. The molecule has 4 aliphatic carbocycles. The Morgan fingerprint density at radius 3 is 2.61 bits per heavy atom. The first-order valence-electron chi connectivity index (χ1n) is 10.4. The van der Waals surface area contributed by atoms with Gasteiger partial charge in [-0.1, -0.05) is 29.3 Å². The van der Waals surface area contributed by atoms with Crippen LogP contribution in [0, 0.1) is 11.7 Å². The van der Waals surface area contributed by atoms with Gasteiger partial charge >= 0.3 is 0 Å². The van der Waals surface area contributed by atoms with Crippen LogP contribution in [0.5, 0.6) is 5.75 Å². The summed E-state index contributed by atoms with van der Waals surface area (Å²) in [7, 11) is 0. The van der Waals surface area contributed by atoms with Crippen LogP contribution in [-0.2, 0) is 17.6 Å². The number of hydrogen-bond donors (Lipinski definition) is 3. The summed E-state index contributed by atoms with van der Waals surface area (Å²) >= 11 is 11.7. The van der Waals surface area contributed by atoms with Gasteiger partial charge in [-0.25, -0.2) is 4.39 Å². The fraction of sp³-hybridized carbons (Fsp3) is 0.435. The smallest absolute Gasteiger partial charge is 0.258 e. The third-order valence-corrected chi connectivity index (χ3v) is 7.27. The number of carbonyl (C=O) groups excluding carboxylic acids is 1. The van der Waals surface area contributed by atoms with Crippen LogP contribution >= 0.6 is 23.2 Å². The second-order valence-corrected chi connectivity index (χ2v) is 10.0. The van der Waals surface area contributed by atoms with E-state index in [9.17, 15) is 14.3 Å². The molecule has 2 atom stereocenters. The maximum Gasteiger partial charge on any atom is 0.258 e. The van der Waals surface area contributed by atoms with Crippen molar-refractivity contribution in [1.29, 1.82) is 0 Å². The summed E-state index contributed by atoms with van der Waals surface area (Å²) in [5, 5.41) is 17.9. The van der Waals surface area contributed by atoms with Crippen molar-refractivity contribution < 1.29 is 19.0 Å². The van der Waals surface area contributed by atoms with E-state index >= 15 is 0 Å². The number of halogens is 3. The van der Waals surface area contributed by atoms with E-state index in [4.69, 9.17) is 27.9 Å². The molecule has 1 amide bonds. The highest BCUT2D eigenvalue weighted by Gasteiger charge is 2.69. The average molecular weight is 465 g/mol. The molecule has 0 radical (unpaired) electrons. The van der Waals surface area contributed by atoms with Crippen molar-refractivity contribution in [2.75, 3.05) is 6.61 Å². The van der Waals surface area contributed by atoms with Gasteiger partial charge in [0, 0.05) is 28.1 Å². The first-order valence-corrected chi connectivity index (χ1v) is 11.1. The van der Waals surface area contributed by atoms with Crippen molar-refractivity contribution in [3.8, 4) is 5.75 Å². The lowest BCUT2D eigenvalue weighted by molar-refractivity contribution is -0.153. The predicted molar refractivity (Wildman–Crippen MR) is 116 cm³/mol. The number of benzene rings is 2. The van der Waals surface area contributed by atoms with Gasteiger partial charge in [-0.3, -0.25) is 10.1 Å². The van der Waals surface area contributed by atoms with Gasteiger partial charge in [0.25, 0.3) is 5.91 Å². The summed E-state index contributed by atoms with van der Waals surface area (Å²) < 4.78 is 18.8. The number of nitrogens with one attached hydrogen (secondary N) is 2. The van der Waals surface area contributed by atoms with Gasteiger partial charge in [-0.05, 0) is 67.5 Å². The third-order valence-electron chi connectivity index (χ3n) is 6.73. The molecular formula is C23H23Cl2FN2O3. The molecule has 8 heteroatoms. The molecule has 0 saturated heterocycles. The molecular weight excluding hydrogens is 442 g/mol. The van der Waals surface area contributed by atoms with Gasteiger partial charge in [0.05, 0.1) is 5.02 Å². The molecule has 3 fully saturated rings.